The van der Waals surface area contributed by atoms with Crippen LogP contribution in [0, 0.1) is 12.3 Å². The van der Waals surface area contributed by atoms with Crippen molar-refractivity contribution in [3.63, 3.8) is 0 Å². The number of oxazole rings is 1. The Hall–Kier alpha value is -4.06. The van der Waals surface area contributed by atoms with Crippen molar-refractivity contribution in [3.8, 4) is 12.3 Å². The Morgan fingerprint density at radius 2 is 1.94 bits per heavy atom. The average molecular weight is 473 g/mol. The first-order valence-electron chi connectivity index (χ1n) is 11.8. The van der Waals surface area contributed by atoms with E-state index in [1.54, 1.807) is 25.4 Å². The van der Waals surface area contributed by atoms with Crippen LogP contribution in [0.4, 0.5) is 5.82 Å². The number of pyridine rings is 1. The van der Waals surface area contributed by atoms with Crippen LogP contribution in [-0.2, 0) is 20.1 Å². The van der Waals surface area contributed by atoms with Crippen LogP contribution in [0.15, 0.2) is 44.0 Å². The highest BCUT2D eigenvalue weighted by Crippen LogP contribution is 2.32. The van der Waals surface area contributed by atoms with Gasteiger partial charge in [-0.1, -0.05) is 17.6 Å². The first-order valence-corrected chi connectivity index (χ1v) is 11.8. The molecule has 0 unspecified atom stereocenters. The number of terminal acetylenes is 1. The molecule has 1 aliphatic rings. The Kier molecular flexibility index (Phi) is 5.81. The maximum Gasteiger partial charge on any atom is 0.331 e. The van der Waals surface area contributed by atoms with E-state index in [1.807, 2.05) is 18.4 Å². The highest BCUT2D eigenvalue weighted by Gasteiger charge is 2.27. The zero-order valence-corrected chi connectivity index (χ0v) is 20.2. The zero-order valence-electron chi connectivity index (χ0n) is 20.2. The van der Waals surface area contributed by atoms with Crippen molar-refractivity contribution < 1.29 is 4.42 Å². The zero-order chi connectivity index (χ0) is 24.7. The molecule has 0 radical (unpaired) electrons. The predicted molar refractivity (Wildman–Crippen MR) is 136 cm³/mol. The quantitative estimate of drug-likeness (QED) is 0.328. The molecule has 0 saturated carbocycles. The van der Waals surface area contributed by atoms with Gasteiger partial charge in [-0.25, -0.2) is 14.3 Å². The summed E-state index contributed by atoms with van der Waals surface area (Å²) in [5.74, 6) is 3.87. The van der Waals surface area contributed by atoms with E-state index >= 15 is 0 Å². The molecule has 0 aromatic carbocycles. The topological polar surface area (TPSA) is 91.1 Å². The summed E-state index contributed by atoms with van der Waals surface area (Å²) in [5, 5.41) is 0. The van der Waals surface area contributed by atoms with Crippen molar-refractivity contribution >= 4 is 28.1 Å². The van der Waals surface area contributed by atoms with E-state index in [0.717, 1.165) is 41.9 Å². The number of fused-ring (bicyclic) bond motifs is 2. The van der Waals surface area contributed by atoms with Crippen LogP contribution in [0.5, 0.6) is 0 Å². The molecule has 4 aromatic heterocycles. The Morgan fingerprint density at radius 1 is 1.17 bits per heavy atom. The number of nitrogens with zero attached hydrogens (tertiary/aromatic N) is 6. The van der Waals surface area contributed by atoms with Crippen LogP contribution in [0.1, 0.15) is 44.6 Å². The highest BCUT2D eigenvalue weighted by molar-refractivity contribution is 5.90. The van der Waals surface area contributed by atoms with E-state index in [-0.39, 0.29) is 12.4 Å². The van der Waals surface area contributed by atoms with Crippen LogP contribution in [0.2, 0.25) is 0 Å². The summed E-state index contributed by atoms with van der Waals surface area (Å²) in [7, 11) is 1.65. The summed E-state index contributed by atoms with van der Waals surface area (Å²) < 4.78 is 10.3. The van der Waals surface area contributed by atoms with Gasteiger partial charge in [0, 0.05) is 32.9 Å². The lowest BCUT2D eigenvalue weighted by molar-refractivity contribution is 0.492. The molecule has 0 spiro atoms. The number of piperidine rings is 1. The fourth-order valence-corrected chi connectivity index (χ4v) is 4.80. The number of aromatic nitrogens is 5. The maximum absolute atomic E-state index is 13.9. The normalized spacial score (nSPS) is 13.9. The monoisotopic (exact) mass is 472 g/mol. The number of anilines is 1. The molecule has 5 rings (SSSR count). The van der Waals surface area contributed by atoms with Gasteiger partial charge in [-0.05, 0) is 45.2 Å². The van der Waals surface area contributed by atoms with Crippen molar-refractivity contribution in [1.29, 1.82) is 0 Å². The van der Waals surface area contributed by atoms with E-state index < -0.39 is 11.2 Å². The fraction of sp³-hybridized carbons (Fsp3) is 0.385. The van der Waals surface area contributed by atoms with Gasteiger partial charge >= 0.3 is 5.69 Å². The molecule has 5 heterocycles. The van der Waals surface area contributed by atoms with Gasteiger partial charge in [0.15, 0.2) is 11.2 Å². The SMILES string of the molecule is C#Cc1c(N2CCCCC2)n(CC=C(C)C)c2c(=O)n(Cc3nc4ncccc4o3)c(=O)n(C)c12. The second-order valence-corrected chi connectivity index (χ2v) is 9.15. The summed E-state index contributed by atoms with van der Waals surface area (Å²) in [6.07, 6.45) is 13.0. The second-order valence-electron chi connectivity index (χ2n) is 9.15. The minimum atomic E-state index is -0.473. The molecule has 0 atom stereocenters. The van der Waals surface area contributed by atoms with Gasteiger partial charge in [-0.15, -0.1) is 6.42 Å². The van der Waals surface area contributed by atoms with E-state index in [1.165, 1.54) is 11.0 Å². The molecule has 0 bridgehead atoms. The predicted octanol–water partition coefficient (Wildman–Crippen LogP) is 3.02. The molecule has 9 heteroatoms. The van der Waals surface area contributed by atoms with Crippen LogP contribution < -0.4 is 16.1 Å². The summed E-state index contributed by atoms with van der Waals surface area (Å²) in [5.41, 5.74) is 2.65. The van der Waals surface area contributed by atoms with Crippen LogP contribution >= 0.6 is 0 Å². The summed E-state index contributed by atoms with van der Waals surface area (Å²) >= 11 is 0. The molecule has 35 heavy (non-hydrogen) atoms. The van der Waals surface area contributed by atoms with Crippen molar-refractivity contribution in [3.05, 3.63) is 62.3 Å². The smallest absolute Gasteiger partial charge is 0.331 e. The van der Waals surface area contributed by atoms with Gasteiger partial charge < -0.3 is 13.9 Å². The minimum absolute atomic E-state index is 0.101. The number of aryl methyl sites for hydroxylation is 1. The summed E-state index contributed by atoms with van der Waals surface area (Å²) in [4.78, 5) is 38.1. The third-order valence-electron chi connectivity index (χ3n) is 6.50. The van der Waals surface area contributed by atoms with E-state index in [0.29, 0.717) is 34.4 Å². The molecule has 9 nitrogen and oxygen atoms in total. The molecule has 0 aliphatic carbocycles. The lowest BCUT2D eigenvalue weighted by Gasteiger charge is -2.30. The molecular formula is C26H28N6O3. The highest BCUT2D eigenvalue weighted by atomic mass is 16.3. The van der Waals surface area contributed by atoms with Gasteiger partial charge in [-0.2, -0.15) is 4.98 Å². The van der Waals surface area contributed by atoms with Gasteiger partial charge in [0.2, 0.25) is 5.89 Å². The van der Waals surface area contributed by atoms with Gasteiger partial charge in [-0.3, -0.25) is 9.36 Å². The first kappa shape index (κ1) is 22.7. The van der Waals surface area contributed by atoms with Gasteiger partial charge in [0.25, 0.3) is 5.56 Å². The van der Waals surface area contributed by atoms with Crippen molar-refractivity contribution in [2.45, 2.75) is 46.2 Å². The molecule has 1 fully saturated rings. The lowest BCUT2D eigenvalue weighted by Crippen LogP contribution is -2.40. The lowest BCUT2D eigenvalue weighted by atomic mass is 10.1. The fourth-order valence-electron chi connectivity index (χ4n) is 4.80. The number of hydrogen-bond acceptors (Lipinski definition) is 6. The molecule has 4 aromatic rings. The van der Waals surface area contributed by atoms with Crippen LogP contribution in [0.25, 0.3) is 22.3 Å². The van der Waals surface area contributed by atoms with E-state index in [2.05, 4.69) is 26.9 Å². The van der Waals surface area contributed by atoms with E-state index in [4.69, 9.17) is 10.8 Å². The Balaban J connectivity index is 1.77. The van der Waals surface area contributed by atoms with Crippen LogP contribution in [0.3, 0.4) is 0 Å². The van der Waals surface area contributed by atoms with E-state index in [9.17, 15) is 9.59 Å². The van der Waals surface area contributed by atoms with Crippen LogP contribution in [-0.4, -0.2) is 36.8 Å². The summed E-state index contributed by atoms with van der Waals surface area (Å²) in [6, 6.07) is 3.49. The maximum atomic E-state index is 13.9. The van der Waals surface area contributed by atoms with Crippen molar-refractivity contribution in [2.24, 2.45) is 7.05 Å². The standard InChI is InChI=1S/C26H28N6O3/c1-5-18-21-22(31(15-11-17(2)3)24(18)30-13-7-6-8-14-30)25(33)32(26(34)29(21)4)16-20-28-23-19(35-20)10-9-12-27-23/h1,9-12H,6-8,13-16H2,2-4H3. The van der Waals surface area contributed by atoms with Crippen molar-refractivity contribution in [2.75, 3.05) is 18.0 Å². The minimum Gasteiger partial charge on any atom is -0.437 e. The second kappa shape index (κ2) is 8.95. The number of rotatable bonds is 5. The first-order chi connectivity index (χ1) is 16.9. The van der Waals surface area contributed by atoms with Gasteiger partial charge in [0.1, 0.15) is 17.9 Å². The molecule has 180 valence electrons. The number of hydrogen-bond donors (Lipinski definition) is 0. The van der Waals surface area contributed by atoms with Gasteiger partial charge in [0.05, 0.1) is 11.1 Å². The Bertz CT molecular complexity index is 1580. The Labute approximate surface area is 202 Å². The Morgan fingerprint density at radius 3 is 2.63 bits per heavy atom. The van der Waals surface area contributed by atoms with Crippen molar-refractivity contribution in [1.82, 2.24) is 23.7 Å². The molecule has 1 aliphatic heterocycles. The molecular weight excluding hydrogens is 444 g/mol. The third kappa shape index (κ3) is 3.85. The summed E-state index contributed by atoms with van der Waals surface area (Å²) in [6.45, 7) is 6.13. The third-order valence-corrected chi connectivity index (χ3v) is 6.50. The molecule has 1 saturated heterocycles. The molecule has 0 N–H and O–H groups in total. The largest absolute Gasteiger partial charge is 0.437 e. The average Bonchev–Trinajstić information content (AvgIpc) is 3.42. The number of allylic oxidation sites excluding steroid dienone is 2. The molecule has 0 amide bonds.